The van der Waals surface area contributed by atoms with Crippen molar-refractivity contribution in [2.24, 2.45) is 0 Å². The minimum absolute atomic E-state index is 0.152. The van der Waals surface area contributed by atoms with Gasteiger partial charge in [0.1, 0.15) is 5.75 Å². The maximum absolute atomic E-state index is 12.5. The van der Waals surface area contributed by atoms with Crippen molar-refractivity contribution in [2.75, 3.05) is 29.3 Å². The van der Waals surface area contributed by atoms with Gasteiger partial charge in [-0.05, 0) is 56.2 Å². The lowest BCUT2D eigenvalue weighted by Gasteiger charge is -2.20. The Labute approximate surface area is 154 Å². The second kappa shape index (κ2) is 8.35. The predicted molar refractivity (Wildman–Crippen MR) is 101 cm³/mol. The quantitative estimate of drug-likeness (QED) is 0.834. The van der Waals surface area contributed by atoms with Crippen LogP contribution in [0.2, 0.25) is 0 Å². The predicted octanol–water partition coefficient (Wildman–Crippen LogP) is 3.06. The maximum atomic E-state index is 12.5. The molecule has 1 aromatic heterocycles. The highest BCUT2D eigenvalue weighted by Gasteiger charge is 2.16. The van der Waals surface area contributed by atoms with Crippen molar-refractivity contribution in [3.63, 3.8) is 0 Å². The van der Waals surface area contributed by atoms with Crippen LogP contribution >= 0.6 is 0 Å². The molecule has 0 spiro atoms. The standard InChI is InChI=1S/C18H24N4O3S/c1-2-25-15-7-9-16(10-8-15)26(23,24)21-17-11-12-18(20-19-17)22-13-5-3-4-6-14-22/h7-12H,2-6,13-14H2,1H3,(H,19,21). The number of hydrogen-bond acceptors (Lipinski definition) is 6. The Bertz CT molecular complexity index is 799. The molecule has 2 heterocycles. The smallest absolute Gasteiger partial charge is 0.263 e. The van der Waals surface area contributed by atoms with Crippen LogP contribution in [-0.2, 0) is 10.0 Å². The molecule has 2 aromatic rings. The zero-order chi connectivity index (χ0) is 18.4. The second-order valence-electron chi connectivity index (χ2n) is 6.19. The van der Waals surface area contributed by atoms with Crippen molar-refractivity contribution in [2.45, 2.75) is 37.5 Å². The summed E-state index contributed by atoms with van der Waals surface area (Å²) >= 11 is 0. The van der Waals surface area contributed by atoms with Gasteiger partial charge in [-0.15, -0.1) is 10.2 Å². The van der Waals surface area contributed by atoms with Gasteiger partial charge in [-0.3, -0.25) is 4.72 Å². The summed E-state index contributed by atoms with van der Waals surface area (Å²) < 4.78 is 32.7. The van der Waals surface area contributed by atoms with Gasteiger partial charge < -0.3 is 9.64 Å². The highest BCUT2D eigenvalue weighted by Crippen LogP contribution is 2.20. The molecule has 7 nitrogen and oxygen atoms in total. The van der Waals surface area contributed by atoms with Crippen LogP contribution in [0.15, 0.2) is 41.3 Å². The minimum atomic E-state index is -3.71. The van der Waals surface area contributed by atoms with Crippen molar-refractivity contribution in [1.29, 1.82) is 0 Å². The van der Waals surface area contributed by atoms with Crippen LogP contribution in [-0.4, -0.2) is 38.3 Å². The van der Waals surface area contributed by atoms with Gasteiger partial charge in [0.15, 0.2) is 11.6 Å². The van der Waals surface area contributed by atoms with E-state index in [4.69, 9.17) is 4.74 Å². The fraction of sp³-hybridized carbons (Fsp3) is 0.444. The van der Waals surface area contributed by atoms with E-state index in [1.807, 2.05) is 13.0 Å². The third-order valence-corrected chi connectivity index (χ3v) is 5.64. The molecule has 26 heavy (non-hydrogen) atoms. The molecular formula is C18H24N4O3S. The number of sulfonamides is 1. The summed E-state index contributed by atoms with van der Waals surface area (Å²) in [6, 6.07) is 9.74. The molecule has 140 valence electrons. The normalized spacial score (nSPS) is 15.3. The zero-order valence-corrected chi connectivity index (χ0v) is 15.7. The molecule has 1 saturated heterocycles. The largest absolute Gasteiger partial charge is 0.494 e. The summed E-state index contributed by atoms with van der Waals surface area (Å²) in [6.45, 7) is 4.33. The van der Waals surface area contributed by atoms with Crippen molar-refractivity contribution >= 4 is 21.7 Å². The van der Waals surface area contributed by atoms with Gasteiger partial charge in [0.25, 0.3) is 10.0 Å². The van der Waals surface area contributed by atoms with E-state index in [1.54, 1.807) is 18.2 Å². The van der Waals surface area contributed by atoms with E-state index < -0.39 is 10.0 Å². The molecule has 0 amide bonds. The molecule has 1 fully saturated rings. The van der Waals surface area contributed by atoms with Crippen molar-refractivity contribution < 1.29 is 13.2 Å². The third kappa shape index (κ3) is 4.63. The number of ether oxygens (including phenoxy) is 1. The summed E-state index contributed by atoms with van der Waals surface area (Å²) in [4.78, 5) is 2.35. The first-order valence-corrected chi connectivity index (χ1v) is 10.4. The Morgan fingerprint density at radius 1 is 1.00 bits per heavy atom. The Kier molecular flexibility index (Phi) is 5.92. The SMILES string of the molecule is CCOc1ccc(S(=O)(=O)Nc2ccc(N3CCCCCC3)nn2)cc1. The van der Waals surface area contributed by atoms with Crippen LogP contribution in [0.5, 0.6) is 5.75 Å². The minimum Gasteiger partial charge on any atom is -0.494 e. The lowest BCUT2D eigenvalue weighted by molar-refractivity contribution is 0.340. The van der Waals surface area contributed by atoms with E-state index in [1.165, 1.54) is 25.0 Å². The summed E-state index contributed by atoms with van der Waals surface area (Å²) in [5.41, 5.74) is 0. The van der Waals surface area contributed by atoms with E-state index in [0.29, 0.717) is 12.4 Å². The van der Waals surface area contributed by atoms with Crippen LogP contribution in [0.4, 0.5) is 11.6 Å². The Hall–Kier alpha value is -2.35. The first-order chi connectivity index (χ1) is 12.6. The van der Waals surface area contributed by atoms with Crippen LogP contribution in [0.25, 0.3) is 0 Å². The fourth-order valence-electron chi connectivity index (χ4n) is 2.93. The number of hydrogen-bond donors (Lipinski definition) is 1. The van der Waals surface area contributed by atoms with Gasteiger partial charge in [-0.1, -0.05) is 12.8 Å². The number of aromatic nitrogens is 2. The number of nitrogens with zero attached hydrogens (tertiary/aromatic N) is 3. The molecule has 0 atom stereocenters. The van der Waals surface area contributed by atoms with E-state index in [9.17, 15) is 8.42 Å². The average Bonchev–Trinajstić information content (AvgIpc) is 2.92. The van der Waals surface area contributed by atoms with Crippen LogP contribution in [0, 0.1) is 0 Å². The second-order valence-corrected chi connectivity index (χ2v) is 7.87. The molecular weight excluding hydrogens is 352 g/mol. The number of rotatable bonds is 6. The van der Waals surface area contributed by atoms with Crippen molar-refractivity contribution in [1.82, 2.24) is 10.2 Å². The summed E-state index contributed by atoms with van der Waals surface area (Å²) in [5, 5.41) is 8.22. The number of anilines is 2. The van der Waals surface area contributed by atoms with Gasteiger partial charge in [0.2, 0.25) is 0 Å². The molecule has 1 aliphatic rings. The first-order valence-electron chi connectivity index (χ1n) is 8.93. The highest BCUT2D eigenvalue weighted by atomic mass is 32.2. The van der Waals surface area contributed by atoms with Crippen LogP contribution in [0.1, 0.15) is 32.6 Å². The first kappa shape index (κ1) is 18.4. The maximum Gasteiger partial charge on any atom is 0.263 e. The van der Waals surface area contributed by atoms with Gasteiger partial charge in [0, 0.05) is 13.1 Å². The van der Waals surface area contributed by atoms with E-state index in [-0.39, 0.29) is 10.7 Å². The molecule has 1 aromatic carbocycles. The molecule has 8 heteroatoms. The Morgan fingerprint density at radius 3 is 2.27 bits per heavy atom. The van der Waals surface area contributed by atoms with Gasteiger partial charge in [-0.25, -0.2) is 8.42 Å². The highest BCUT2D eigenvalue weighted by molar-refractivity contribution is 7.92. The van der Waals surface area contributed by atoms with Gasteiger partial charge in [0.05, 0.1) is 11.5 Å². The third-order valence-electron chi connectivity index (χ3n) is 4.26. The summed E-state index contributed by atoms with van der Waals surface area (Å²) in [6.07, 6.45) is 4.77. The topological polar surface area (TPSA) is 84.4 Å². The lowest BCUT2D eigenvalue weighted by Crippen LogP contribution is -2.25. The van der Waals surface area contributed by atoms with Crippen molar-refractivity contribution in [3.05, 3.63) is 36.4 Å². The lowest BCUT2D eigenvalue weighted by atomic mass is 10.2. The van der Waals surface area contributed by atoms with Gasteiger partial charge >= 0.3 is 0 Å². The monoisotopic (exact) mass is 376 g/mol. The number of benzene rings is 1. The van der Waals surface area contributed by atoms with Gasteiger partial charge in [-0.2, -0.15) is 0 Å². The molecule has 3 rings (SSSR count). The fourth-order valence-corrected chi connectivity index (χ4v) is 3.92. The number of nitrogens with one attached hydrogen (secondary N) is 1. The Balaban J connectivity index is 1.69. The van der Waals surface area contributed by atoms with Crippen LogP contribution < -0.4 is 14.4 Å². The van der Waals surface area contributed by atoms with E-state index in [0.717, 1.165) is 31.7 Å². The molecule has 0 aliphatic carbocycles. The molecule has 1 aliphatic heterocycles. The average molecular weight is 376 g/mol. The molecule has 1 N–H and O–H groups in total. The van der Waals surface area contributed by atoms with E-state index >= 15 is 0 Å². The molecule has 0 saturated carbocycles. The zero-order valence-electron chi connectivity index (χ0n) is 14.9. The van der Waals surface area contributed by atoms with Crippen molar-refractivity contribution in [3.8, 4) is 5.75 Å². The molecule has 0 bridgehead atoms. The molecule has 0 radical (unpaired) electrons. The molecule has 0 unspecified atom stereocenters. The Morgan fingerprint density at radius 2 is 1.69 bits per heavy atom. The van der Waals surface area contributed by atoms with E-state index in [2.05, 4.69) is 19.8 Å². The summed E-state index contributed by atoms with van der Waals surface area (Å²) in [5.74, 6) is 1.63. The van der Waals surface area contributed by atoms with Crippen LogP contribution in [0.3, 0.4) is 0 Å². The summed E-state index contributed by atoms with van der Waals surface area (Å²) in [7, 11) is -3.71.